The number of hydrogen-bond donors (Lipinski definition) is 2. The molecular weight excluding hydrogens is 303 g/mol. The molecule has 0 aliphatic heterocycles. The second-order valence-corrected chi connectivity index (χ2v) is 4.31. The van der Waals surface area contributed by atoms with E-state index in [1.54, 1.807) is 0 Å². The largest absolute Gasteiger partial charge is 0.480 e. The summed E-state index contributed by atoms with van der Waals surface area (Å²) in [4.78, 5) is 10.5. The molecule has 1 aromatic rings. The Morgan fingerprint density at radius 3 is 2.47 bits per heavy atom. The number of rotatable bonds is 3. The minimum Gasteiger partial charge on any atom is -0.480 e. The topological polar surface area (TPSA) is 63.3 Å². The van der Waals surface area contributed by atoms with E-state index in [1.807, 2.05) is 0 Å². The zero-order chi connectivity index (χ0) is 13.2. The van der Waals surface area contributed by atoms with Gasteiger partial charge in [0.15, 0.2) is 0 Å². The molecular formula is C10H9BrF3NO2. The molecule has 3 N–H and O–H groups in total. The minimum atomic E-state index is -4.42. The molecule has 0 aliphatic carbocycles. The highest BCUT2D eigenvalue weighted by Crippen LogP contribution is 2.32. The number of halogens is 4. The SMILES string of the molecule is NC(Cc1ccc(C(F)(F)F)cc1Br)C(=O)O. The molecule has 0 fully saturated rings. The molecule has 3 nitrogen and oxygen atoms in total. The number of carboxylic acid groups (broad SMARTS) is 1. The summed E-state index contributed by atoms with van der Waals surface area (Å²) in [6.07, 6.45) is -4.45. The quantitative estimate of drug-likeness (QED) is 0.901. The monoisotopic (exact) mass is 311 g/mol. The normalized spacial score (nSPS) is 13.5. The molecule has 0 saturated carbocycles. The molecule has 0 saturated heterocycles. The summed E-state index contributed by atoms with van der Waals surface area (Å²) in [6.45, 7) is 0. The Morgan fingerprint density at radius 1 is 1.47 bits per heavy atom. The Balaban J connectivity index is 2.95. The first kappa shape index (κ1) is 14.0. The summed E-state index contributed by atoms with van der Waals surface area (Å²) in [5, 5.41) is 8.60. The Kier molecular flexibility index (Phi) is 4.16. The van der Waals surface area contributed by atoms with E-state index in [-0.39, 0.29) is 10.9 Å². The average Bonchev–Trinajstić information content (AvgIpc) is 2.19. The van der Waals surface area contributed by atoms with Gasteiger partial charge < -0.3 is 10.8 Å². The second-order valence-electron chi connectivity index (χ2n) is 3.45. The predicted octanol–water partition coefficient (Wildman–Crippen LogP) is 2.42. The van der Waals surface area contributed by atoms with Crippen molar-refractivity contribution in [2.24, 2.45) is 5.73 Å². The molecule has 94 valence electrons. The Morgan fingerprint density at radius 2 is 2.06 bits per heavy atom. The Hall–Kier alpha value is -1.08. The van der Waals surface area contributed by atoms with Gasteiger partial charge in [-0.3, -0.25) is 4.79 Å². The van der Waals surface area contributed by atoms with Gasteiger partial charge in [-0.15, -0.1) is 0 Å². The van der Waals surface area contributed by atoms with E-state index >= 15 is 0 Å². The molecule has 1 atom stereocenters. The zero-order valence-electron chi connectivity index (χ0n) is 8.46. The number of carbonyl (C=O) groups is 1. The number of aliphatic carboxylic acids is 1. The summed E-state index contributed by atoms with van der Waals surface area (Å²) < 4.78 is 37.3. The van der Waals surface area contributed by atoms with E-state index in [0.717, 1.165) is 12.1 Å². The third-order valence-corrected chi connectivity index (χ3v) is 2.88. The average molecular weight is 312 g/mol. The van der Waals surface area contributed by atoms with Crippen LogP contribution in [-0.4, -0.2) is 17.1 Å². The van der Waals surface area contributed by atoms with Crippen LogP contribution in [0, 0.1) is 0 Å². The maximum atomic E-state index is 12.4. The van der Waals surface area contributed by atoms with E-state index < -0.39 is 23.8 Å². The highest BCUT2D eigenvalue weighted by molar-refractivity contribution is 9.10. The lowest BCUT2D eigenvalue weighted by Crippen LogP contribution is -2.32. The fraction of sp³-hybridized carbons (Fsp3) is 0.300. The van der Waals surface area contributed by atoms with Crippen molar-refractivity contribution in [3.05, 3.63) is 33.8 Å². The van der Waals surface area contributed by atoms with E-state index in [9.17, 15) is 18.0 Å². The Bertz CT molecular complexity index is 434. The standard InChI is InChI=1S/C10H9BrF3NO2/c11-7-4-6(10(12,13)14)2-1-5(7)3-8(15)9(16)17/h1-2,4,8H,3,15H2,(H,16,17). The maximum Gasteiger partial charge on any atom is 0.416 e. The van der Waals surface area contributed by atoms with Gasteiger partial charge in [0, 0.05) is 4.47 Å². The van der Waals surface area contributed by atoms with Crippen LogP contribution >= 0.6 is 15.9 Å². The van der Waals surface area contributed by atoms with Crippen molar-refractivity contribution in [1.29, 1.82) is 0 Å². The third-order valence-electron chi connectivity index (χ3n) is 2.14. The number of alkyl halides is 3. The van der Waals surface area contributed by atoms with Crippen molar-refractivity contribution in [2.75, 3.05) is 0 Å². The minimum absolute atomic E-state index is 0.0337. The van der Waals surface area contributed by atoms with Crippen molar-refractivity contribution in [3.63, 3.8) is 0 Å². The van der Waals surface area contributed by atoms with Crippen LogP contribution in [0.5, 0.6) is 0 Å². The van der Waals surface area contributed by atoms with Crippen LogP contribution in [-0.2, 0) is 17.4 Å². The van der Waals surface area contributed by atoms with Crippen molar-refractivity contribution < 1.29 is 23.1 Å². The zero-order valence-corrected chi connectivity index (χ0v) is 10.0. The molecule has 1 aromatic carbocycles. The first-order valence-electron chi connectivity index (χ1n) is 4.56. The van der Waals surface area contributed by atoms with Gasteiger partial charge in [0.05, 0.1) is 5.56 Å². The van der Waals surface area contributed by atoms with Crippen LogP contribution < -0.4 is 5.73 Å². The van der Waals surface area contributed by atoms with Gasteiger partial charge in [-0.05, 0) is 24.1 Å². The van der Waals surface area contributed by atoms with E-state index in [4.69, 9.17) is 10.8 Å². The van der Waals surface area contributed by atoms with Crippen LogP contribution in [0.4, 0.5) is 13.2 Å². The predicted molar refractivity (Wildman–Crippen MR) is 58.5 cm³/mol. The lowest BCUT2D eigenvalue weighted by Gasteiger charge is -2.11. The van der Waals surface area contributed by atoms with Crippen molar-refractivity contribution in [3.8, 4) is 0 Å². The summed E-state index contributed by atoms with van der Waals surface area (Å²) in [5.74, 6) is -1.20. The van der Waals surface area contributed by atoms with Gasteiger partial charge in [-0.1, -0.05) is 22.0 Å². The lowest BCUT2D eigenvalue weighted by molar-refractivity contribution is -0.139. The first-order chi connectivity index (χ1) is 7.71. The molecule has 0 aromatic heterocycles. The molecule has 17 heavy (non-hydrogen) atoms. The number of hydrogen-bond acceptors (Lipinski definition) is 2. The number of benzene rings is 1. The van der Waals surface area contributed by atoms with Crippen LogP contribution in [0.2, 0.25) is 0 Å². The van der Waals surface area contributed by atoms with E-state index in [1.165, 1.54) is 6.07 Å². The van der Waals surface area contributed by atoms with Gasteiger partial charge in [-0.25, -0.2) is 0 Å². The van der Waals surface area contributed by atoms with Crippen LogP contribution in [0.15, 0.2) is 22.7 Å². The highest BCUT2D eigenvalue weighted by atomic mass is 79.9. The van der Waals surface area contributed by atoms with Gasteiger partial charge in [0.2, 0.25) is 0 Å². The molecule has 0 amide bonds. The molecule has 1 unspecified atom stereocenters. The third kappa shape index (κ3) is 3.71. The number of carboxylic acids is 1. The molecule has 1 rings (SSSR count). The smallest absolute Gasteiger partial charge is 0.416 e. The fourth-order valence-electron chi connectivity index (χ4n) is 1.21. The summed E-state index contributed by atoms with van der Waals surface area (Å²) in [5.41, 5.74) is 4.93. The van der Waals surface area contributed by atoms with Crippen LogP contribution in [0.1, 0.15) is 11.1 Å². The second kappa shape index (κ2) is 5.05. The number of nitrogens with two attached hydrogens (primary N) is 1. The first-order valence-corrected chi connectivity index (χ1v) is 5.35. The molecule has 0 heterocycles. The van der Waals surface area contributed by atoms with Crippen molar-refractivity contribution >= 4 is 21.9 Å². The van der Waals surface area contributed by atoms with Crippen molar-refractivity contribution in [2.45, 2.75) is 18.6 Å². The Labute approximate surface area is 104 Å². The summed E-state index contributed by atoms with van der Waals surface area (Å²) in [6, 6.07) is 1.89. The maximum absolute atomic E-state index is 12.4. The van der Waals surface area contributed by atoms with Crippen LogP contribution in [0.3, 0.4) is 0 Å². The molecule has 0 spiro atoms. The van der Waals surface area contributed by atoms with E-state index in [2.05, 4.69) is 15.9 Å². The van der Waals surface area contributed by atoms with Gasteiger partial charge >= 0.3 is 12.1 Å². The molecule has 0 bridgehead atoms. The fourth-order valence-corrected chi connectivity index (χ4v) is 1.75. The summed E-state index contributed by atoms with van der Waals surface area (Å²) in [7, 11) is 0. The van der Waals surface area contributed by atoms with Crippen molar-refractivity contribution in [1.82, 2.24) is 0 Å². The van der Waals surface area contributed by atoms with Crippen LogP contribution in [0.25, 0.3) is 0 Å². The summed E-state index contributed by atoms with van der Waals surface area (Å²) >= 11 is 2.97. The highest BCUT2D eigenvalue weighted by Gasteiger charge is 2.30. The molecule has 7 heteroatoms. The molecule has 0 radical (unpaired) electrons. The van der Waals surface area contributed by atoms with E-state index in [0.29, 0.717) is 5.56 Å². The van der Waals surface area contributed by atoms with Gasteiger partial charge in [0.1, 0.15) is 6.04 Å². The van der Waals surface area contributed by atoms with Gasteiger partial charge in [0.25, 0.3) is 0 Å². The van der Waals surface area contributed by atoms with Gasteiger partial charge in [-0.2, -0.15) is 13.2 Å². The molecule has 0 aliphatic rings. The lowest BCUT2D eigenvalue weighted by atomic mass is 10.0.